The summed E-state index contributed by atoms with van der Waals surface area (Å²) in [5.41, 5.74) is 0.656. The van der Waals surface area contributed by atoms with E-state index in [4.69, 9.17) is 0 Å². The number of carbonyl (C=O) groups is 1. The van der Waals surface area contributed by atoms with E-state index in [-0.39, 0.29) is 23.5 Å². The Hall–Kier alpha value is -2.18. The minimum Gasteiger partial charge on any atom is -0.362 e. The first-order valence-corrected chi connectivity index (χ1v) is 5.71. The van der Waals surface area contributed by atoms with E-state index in [1.165, 1.54) is 6.07 Å². The van der Waals surface area contributed by atoms with E-state index in [0.717, 1.165) is 6.42 Å². The van der Waals surface area contributed by atoms with E-state index < -0.39 is 4.92 Å². The molecule has 18 heavy (non-hydrogen) atoms. The lowest BCUT2D eigenvalue weighted by atomic mass is 10.2. The van der Waals surface area contributed by atoms with Crippen molar-refractivity contribution in [1.82, 2.24) is 10.3 Å². The van der Waals surface area contributed by atoms with Gasteiger partial charge in [0.25, 0.3) is 0 Å². The molecule has 1 aliphatic heterocycles. The third-order valence-corrected chi connectivity index (χ3v) is 2.81. The number of amides is 1. The van der Waals surface area contributed by atoms with Gasteiger partial charge >= 0.3 is 5.69 Å². The van der Waals surface area contributed by atoms with Crippen LogP contribution >= 0.6 is 0 Å². The molecule has 1 unspecified atom stereocenters. The monoisotopic (exact) mass is 250 g/mol. The van der Waals surface area contributed by atoms with E-state index in [1.807, 2.05) is 0 Å². The SMILES string of the molecule is Cc1ccc([N+](=O)[O-])c(NCC2CCC(=O)N2)n1. The maximum Gasteiger partial charge on any atom is 0.311 e. The van der Waals surface area contributed by atoms with Crippen LogP contribution in [-0.2, 0) is 4.79 Å². The first kappa shape index (κ1) is 12.3. The van der Waals surface area contributed by atoms with Gasteiger partial charge in [-0.3, -0.25) is 14.9 Å². The number of pyridine rings is 1. The highest BCUT2D eigenvalue weighted by Gasteiger charge is 2.22. The van der Waals surface area contributed by atoms with Crippen molar-refractivity contribution >= 4 is 17.4 Å². The van der Waals surface area contributed by atoms with Gasteiger partial charge in [0.15, 0.2) is 0 Å². The van der Waals surface area contributed by atoms with Gasteiger partial charge in [0.05, 0.1) is 4.92 Å². The molecule has 1 saturated heterocycles. The highest BCUT2D eigenvalue weighted by molar-refractivity contribution is 5.78. The number of nitrogens with zero attached hydrogens (tertiary/aromatic N) is 2. The first-order valence-electron chi connectivity index (χ1n) is 5.71. The quantitative estimate of drug-likeness (QED) is 0.613. The molecule has 0 bridgehead atoms. The number of aromatic nitrogens is 1. The lowest BCUT2D eigenvalue weighted by Crippen LogP contribution is -2.32. The summed E-state index contributed by atoms with van der Waals surface area (Å²) in [7, 11) is 0. The van der Waals surface area contributed by atoms with E-state index >= 15 is 0 Å². The normalized spacial score (nSPS) is 18.5. The Morgan fingerprint density at radius 1 is 1.61 bits per heavy atom. The maximum absolute atomic E-state index is 11.0. The van der Waals surface area contributed by atoms with Gasteiger partial charge in [-0.05, 0) is 19.4 Å². The summed E-state index contributed by atoms with van der Waals surface area (Å²) in [6.07, 6.45) is 1.25. The van der Waals surface area contributed by atoms with E-state index in [2.05, 4.69) is 15.6 Å². The fraction of sp³-hybridized carbons (Fsp3) is 0.455. The lowest BCUT2D eigenvalue weighted by Gasteiger charge is -2.12. The summed E-state index contributed by atoms with van der Waals surface area (Å²) in [6.45, 7) is 2.22. The van der Waals surface area contributed by atoms with E-state index in [0.29, 0.717) is 18.7 Å². The van der Waals surface area contributed by atoms with Crippen LogP contribution in [0.4, 0.5) is 11.5 Å². The largest absolute Gasteiger partial charge is 0.362 e. The standard InChI is InChI=1S/C11H14N4O3/c1-7-2-4-9(15(17)18)11(13-7)12-6-8-3-5-10(16)14-8/h2,4,8H,3,5-6H2,1H3,(H,12,13)(H,14,16). The molecular weight excluding hydrogens is 236 g/mol. The molecule has 1 aromatic rings. The third kappa shape index (κ3) is 2.73. The highest BCUT2D eigenvalue weighted by Crippen LogP contribution is 2.22. The second-order valence-electron chi connectivity index (χ2n) is 4.26. The predicted molar refractivity (Wildman–Crippen MR) is 65.3 cm³/mol. The molecule has 1 amide bonds. The van der Waals surface area contributed by atoms with Gasteiger partial charge < -0.3 is 10.6 Å². The Kier molecular flexibility index (Phi) is 3.40. The third-order valence-electron chi connectivity index (χ3n) is 2.81. The van der Waals surface area contributed by atoms with E-state index in [1.54, 1.807) is 13.0 Å². The van der Waals surface area contributed by atoms with Crippen LogP contribution in [0.5, 0.6) is 0 Å². The van der Waals surface area contributed by atoms with Gasteiger partial charge in [0.2, 0.25) is 11.7 Å². The number of aryl methyl sites for hydroxylation is 1. The Labute approximate surface area is 104 Å². The van der Waals surface area contributed by atoms with Crippen molar-refractivity contribution in [3.8, 4) is 0 Å². The first-order chi connectivity index (χ1) is 8.56. The van der Waals surface area contributed by atoms with Gasteiger partial charge in [0, 0.05) is 30.8 Å². The van der Waals surface area contributed by atoms with Crippen LogP contribution in [0.25, 0.3) is 0 Å². The topological polar surface area (TPSA) is 97.2 Å². The molecule has 0 saturated carbocycles. The summed E-state index contributed by atoms with van der Waals surface area (Å²) in [5.74, 6) is 0.273. The second-order valence-corrected chi connectivity index (χ2v) is 4.26. The molecule has 0 aliphatic carbocycles. The van der Waals surface area contributed by atoms with Crippen LogP contribution in [0.15, 0.2) is 12.1 Å². The molecule has 1 aromatic heterocycles. The Bertz CT molecular complexity index is 489. The minimum absolute atomic E-state index is 0.0133. The van der Waals surface area contributed by atoms with Crippen molar-refractivity contribution in [3.63, 3.8) is 0 Å². The molecule has 1 atom stereocenters. The molecule has 7 nitrogen and oxygen atoms in total. The minimum atomic E-state index is -0.470. The summed E-state index contributed by atoms with van der Waals surface area (Å²) in [4.78, 5) is 25.5. The molecule has 0 spiro atoms. The predicted octanol–water partition coefficient (Wildman–Crippen LogP) is 0.989. The van der Waals surface area contributed by atoms with Crippen molar-refractivity contribution in [2.24, 2.45) is 0 Å². The van der Waals surface area contributed by atoms with Gasteiger partial charge in [-0.25, -0.2) is 4.98 Å². The van der Waals surface area contributed by atoms with E-state index in [9.17, 15) is 14.9 Å². The number of hydrogen-bond donors (Lipinski definition) is 2. The van der Waals surface area contributed by atoms with Gasteiger partial charge in [0.1, 0.15) is 0 Å². The Morgan fingerprint density at radius 2 is 2.39 bits per heavy atom. The molecule has 2 N–H and O–H groups in total. The number of rotatable bonds is 4. The molecule has 7 heteroatoms. The maximum atomic E-state index is 11.0. The highest BCUT2D eigenvalue weighted by atomic mass is 16.6. The van der Waals surface area contributed by atoms with Crippen LogP contribution in [0, 0.1) is 17.0 Å². The molecule has 1 aliphatic rings. The Morgan fingerprint density at radius 3 is 3.00 bits per heavy atom. The second kappa shape index (κ2) is 4.99. The molecule has 0 aromatic carbocycles. The summed E-state index contributed by atoms with van der Waals surface area (Å²) in [6, 6.07) is 3.04. The molecule has 0 radical (unpaired) electrons. The van der Waals surface area contributed by atoms with Crippen LogP contribution in [0.1, 0.15) is 18.5 Å². The van der Waals surface area contributed by atoms with Gasteiger partial charge in [-0.2, -0.15) is 0 Å². The average molecular weight is 250 g/mol. The van der Waals surface area contributed by atoms with Crippen LogP contribution in [0.2, 0.25) is 0 Å². The zero-order valence-electron chi connectivity index (χ0n) is 9.97. The molecule has 2 rings (SSSR count). The van der Waals surface area contributed by atoms with Gasteiger partial charge in [-0.1, -0.05) is 0 Å². The molecule has 1 fully saturated rings. The van der Waals surface area contributed by atoms with Crippen molar-refractivity contribution in [3.05, 3.63) is 27.9 Å². The van der Waals surface area contributed by atoms with Crippen LogP contribution in [-0.4, -0.2) is 28.4 Å². The fourth-order valence-corrected chi connectivity index (χ4v) is 1.88. The number of nitrogens with one attached hydrogen (secondary N) is 2. The number of carbonyl (C=O) groups excluding carboxylic acids is 1. The van der Waals surface area contributed by atoms with Crippen molar-refractivity contribution in [1.29, 1.82) is 0 Å². The summed E-state index contributed by atoms with van der Waals surface area (Å²) >= 11 is 0. The zero-order chi connectivity index (χ0) is 13.1. The summed E-state index contributed by atoms with van der Waals surface area (Å²) in [5, 5.41) is 16.6. The number of hydrogen-bond acceptors (Lipinski definition) is 5. The molecular formula is C11H14N4O3. The lowest BCUT2D eigenvalue weighted by molar-refractivity contribution is -0.384. The van der Waals surface area contributed by atoms with Crippen LogP contribution < -0.4 is 10.6 Å². The van der Waals surface area contributed by atoms with Crippen molar-refractivity contribution < 1.29 is 9.72 Å². The van der Waals surface area contributed by atoms with Crippen molar-refractivity contribution in [2.45, 2.75) is 25.8 Å². The molecule has 96 valence electrons. The smallest absolute Gasteiger partial charge is 0.311 e. The number of nitro groups is 1. The van der Waals surface area contributed by atoms with Crippen molar-refractivity contribution in [2.75, 3.05) is 11.9 Å². The fourth-order valence-electron chi connectivity index (χ4n) is 1.88. The Balaban J connectivity index is 2.06. The molecule has 2 heterocycles. The summed E-state index contributed by atoms with van der Waals surface area (Å²) < 4.78 is 0. The number of anilines is 1. The van der Waals surface area contributed by atoms with Gasteiger partial charge in [-0.15, -0.1) is 0 Å². The zero-order valence-corrected chi connectivity index (χ0v) is 9.97. The van der Waals surface area contributed by atoms with Crippen LogP contribution in [0.3, 0.4) is 0 Å². The average Bonchev–Trinajstić information content (AvgIpc) is 2.72.